The summed E-state index contributed by atoms with van der Waals surface area (Å²) in [4.78, 5) is 22.9. The zero-order chi connectivity index (χ0) is 21.0. The van der Waals surface area contributed by atoms with Gasteiger partial charge in [-0.05, 0) is 57.9 Å². The van der Waals surface area contributed by atoms with Crippen LogP contribution in [0.3, 0.4) is 0 Å². The van der Waals surface area contributed by atoms with Gasteiger partial charge in [0.1, 0.15) is 5.58 Å². The average Bonchev–Trinajstić information content (AvgIpc) is 3.09. The number of nitrogens with one attached hydrogen (secondary N) is 1. The lowest BCUT2D eigenvalue weighted by molar-refractivity contribution is -0.139. The van der Waals surface area contributed by atoms with Crippen LogP contribution in [0.4, 0.5) is 0 Å². The average molecular weight is 482 g/mol. The number of methoxy groups -OCH3 is 1. The second-order valence-corrected chi connectivity index (χ2v) is 7.00. The number of rotatable bonds is 7. The maximum atomic E-state index is 12.2. The summed E-state index contributed by atoms with van der Waals surface area (Å²) in [6.07, 6.45) is 1.39. The maximum absolute atomic E-state index is 12.2. The molecule has 29 heavy (non-hydrogen) atoms. The van der Waals surface area contributed by atoms with E-state index in [-0.39, 0.29) is 11.5 Å². The van der Waals surface area contributed by atoms with Crippen molar-refractivity contribution in [3.63, 3.8) is 0 Å². The van der Waals surface area contributed by atoms with Crippen molar-refractivity contribution in [2.75, 3.05) is 13.7 Å². The summed E-state index contributed by atoms with van der Waals surface area (Å²) in [7, 11) is 1.42. The number of hydrogen-bond acceptors (Lipinski definition) is 6. The number of furan rings is 1. The summed E-state index contributed by atoms with van der Waals surface area (Å²) in [6.45, 7) is -0.513. The number of carbonyl (C=O) groups is 2. The van der Waals surface area contributed by atoms with Gasteiger partial charge >= 0.3 is 11.9 Å². The van der Waals surface area contributed by atoms with Crippen molar-refractivity contribution >= 4 is 56.6 Å². The van der Waals surface area contributed by atoms with Crippen molar-refractivity contribution in [1.82, 2.24) is 5.43 Å². The molecular weight excluding hydrogens is 468 g/mol. The van der Waals surface area contributed by atoms with Crippen LogP contribution in [0.25, 0.3) is 11.0 Å². The molecule has 0 saturated carbocycles. The Morgan fingerprint density at radius 3 is 2.83 bits per heavy atom. The molecule has 1 heterocycles. The van der Waals surface area contributed by atoms with Crippen LogP contribution in [-0.2, 0) is 4.79 Å². The molecule has 8 nitrogen and oxygen atoms in total. The molecule has 2 aromatic carbocycles. The molecule has 10 heteroatoms. The topological polar surface area (TPSA) is 110 Å². The lowest BCUT2D eigenvalue weighted by atomic mass is 10.2. The monoisotopic (exact) mass is 480 g/mol. The Morgan fingerprint density at radius 2 is 2.10 bits per heavy atom. The fraction of sp³-hybridized carbons (Fsp3) is 0.105. The SMILES string of the molecule is COc1cc(/C=N/NC(=O)c2cc3cc(Cl)ccc3o2)cc(Br)c1OCC(=O)O. The van der Waals surface area contributed by atoms with Crippen molar-refractivity contribution in [3.8, 4) is 11.5 Å². The van der Waals surface area contributed by atoms with E-state index in [1.807, 2.05) is 0 Å². The van der Waals surface area contributed by atoms with Crippen LogP contribution in [0, 0.1) is 0 Å². The highest BCUT2D eigenvalue weighted by atomic mass is 79.9. The zero-order valence-corrected chi connectivity index (χ0v) is 17.3. The van der Waals surface area contributed by atoms with Crippen LogP contribution in [-0.4, -0.2) is 36.9 Å². The zero-order valence-electron chi connectivity index (χ0n) is 14.9. The molecule has 0 aliphatic heterocycles. The van der Waals surface area contributed by atoms with Gasteiger partial charge in [0.05, 0.1) is 17.8 Å². The molecule has 0 atom stereocenters. The second-order valence-electron chi connectivity index (χ2n) is 5.71. The maximum Gasteiger partial charge on any atom is 0.341 e. The Hall–Kier alpha value is -3.04. The second kappa shape index (κ2) is 8.97. The fourth-order valence-corrected chi connectivity index (χ4v) is 3.19. The summed E-state index contributed by atoms with van der Waals surface area (Å²) in [5.74, 6) is -0.989. The molecule has 150 valence electrons. The summed E-state index contributed by atoms with van der Waals surface area (Å²) >= 11 is 9.22. The van der Waals surface area contributed by atoms with Crippen LogP contribution < -0.4 is 14.9 Å². The molecule has 0 spiro atoms. The van der Waals surface area contributed by atoms with E-state index in [2.05, 4.69) is 26.5 Å². The van der Waals surface area contributed by atoms with E-state index in [9.17, 15) is 9.59 Å². The predicted molar refractivity (Wildman–Crippen MR) is 110 cm³/mol. The number of hydrazone groups is 1. The first-order valence-corrected chi connectivity index (χ1v) is 9.29. The van der Waals surface area contributed by atoms with Gasteiger partial charge in [0.25, 0.3) is 0 Å². The number of hydrogen-bond donors (Lipinski definition) is 2. The highest BCUT2D eigenvalue weighted by Gasteiger charge is 2.14. The molecule has 2 N–H and O–H groups in total. The van der Waals surface area contributed by atoms with E-state index in [1.54, 1.807) is 36.4 Å². The minimum absolute atomic E-state index is 0.0931. The van der Waals surface area contributed by atoms with Crippen molar-refractivity contribution in [3.05, 3.63) is 57.2 Å². The normalized spacial score (nSPS) is 11.0. The number of carboxylic acid groups (broad SMARTS) is 1. The number of carbonyl (C=O) groups excluding carboxylic acids is 1. The summed E-state index contributed by atoms with van der Waals surface area (Å²) in [6, 6.07) is 9.83. The summed E-state index contributed by atoms with van der Waals surface area (Å²) < 4.78 is 16.4. The van der Waals surface area contributed by atoms with Gasteiger partial charge in [-0.25, -0.2) is 10.2 Å². The van der Waals surface area contributed by atoms with Crippen molar-refractivity contribution in [2.24, 2.45) is 5.10 Å². The molecule has 0 radical (unpaired) electrons. The molecular formula is C19H14BrClN2O6. The van der Waals surface area contributed by atoms with Crippen LogP contribution in [0.2, 0.25) is 5.02 Å². The van der Waals surface area contributed by atoms with E-state index >= 15 is 0 Å². The minimum atomic E-state index is -1.11. The van der Waals surface area contributed by atoms with Gasteiger partial charge in [-0.2, -0.15) is 5.10 Å². The molecule has 0 fully saturated rings. The van der Waals surface area contributed by atoms with E-state index in [0.717, 1.165) is 0 Å². The summed E-state index contributed by atoms with van der Waals surface area (Å²) in [5, 5.41) is 13.9. The Morgan fingerprint density at radius 1 is 1.31 bits per heavy atom. The Kier molecular flexibility index (Phi) is 6.40. The number of halogens is 2. The molecule has 0 bridgehead atoms. The van der Waals surface area contributed by atoms with Gasteiger partial charge < -0.3 is 19.0 Å². The van der Waals surface area contributed by atoms with Gasteiger partial charge in [-0.3, -0.25) is 4.79 Å². The number of aliphatic carboxylic acids is 1. The number of amides is 1. The van der Waals surface area contributed by atoms with E-state index in [1.165, 1.54) is 13.3 Å². The minimum Gasteiger partial charge on any atom is -0.493 e. The number of carboxylic acids is 1. The molecule has 0 saturated heterocycles. The third kappa shape index (κ3) is 5.07. The first-order valence-electron chi connectivity index (χ1n) is 8.12. The van der Waals surface area contributed by atoms with Gasteiger partial charge in [0.15, 0.2) is 23.9 Å². The number of ether oxygens (including phenoxy) is 2. The van der Waals surface area contributed by atoms with Gasteiger partial charge in [-0.1, -0.05) is 11.6 Å². The first-order chi connectivity index (χ1) is 13.9. The smallest absolute Gasteiger partial charge is 0.341 e. The Balaban J connectivity index is 1.72. The fourth-order valence-electron chi connectivity index (χ4n) is 2.43. The van der Waals surface area contributed by atoms with Gasteiger partial charge in [-0.15, -0.1) is 0 Å². The molecule has 0 aliphatic carbocycles. The van der Waals surface area contributed by atoms with Crippen LogP contribution in [0.1, 0.15) is 16.1 Å². The first kappa shape index (κ1) is 20.7. The predicted octanol–water partition coefficient (Wildman–Crippen LogP) is 4.08. The van der Waals surface area contributed by atoms with Crippen molar-refractivity contribution in [1.29, 1.82) is 0 Å². The molecule has 3 aromatic rings. The lowest BCUT2D eigenvalue weighted by Gasteiger charge is -2.12. The summed E-state index contributed by atoms with van der Waals surface area (Å²) in [5.41, 5.74) is 3.49. The van der Waals surface area contributed by atoms with Gasteiger partial charge in [0.2, 0.25) is 0 Å². The third-order valence-electron chi connectivity index (χ3n) is 3.67. The highest BCUT2D eigenvalue weighted by Crippen LogP contribution is 2.36. The van der Waals surface area contributed by atoms with E-state index in [0.29, 0.717) is 31.8 Å². The quantitative estimate of drug-likeness (QED) is 0.389. The lowest BCUT2D eigenvalue weighted by Crippen LogP contribution is -2.16. The van der Waals surface area contributed by atoms with Crippen LogP contribution in [0.5, 0.6) is 11.5 Å². The number of fused-ring (bicyclic) bond motifs is 1. The van der Waals surface area contributed by atoms with Crippen LogP contribution in [0.15, 0.2) is 50.4 Å². The Bertz CT molecular complexity index is 1110. The van der Waals surface area contributed by atoms with Crippen LogP contribution >= 0.6 is 27.5 Å². The molecule has 1 aromatic heterocycles. The largest absolute Gasteiger partial charge is 0.493 e. The highest BCUT2D eigenvalue weighted by molar-refractivity contribution is 9.10. The van der Waals surface area contributed by atoms with Gasteiger partial charge in [0, 0.05) is 10.4 Å². The molecule has 3 rings (SSSR count). The molecule has 0 aliphatic rings. The Labute approximate surface area is 178 Å². The van der Waals surface area contributed by atoms with E-state index < -0.39 is 18.5 Å². The third-order valence-corrected chi connectivity index (χ3v) is 4.50. The van der Waals surface area contributed by atoms with Crippen molar-refractivity contribution in [2.45, 2.75) is 0 Å². The number of nitrogens with zero attached hydrogens (tertiary/aromatic N) is 1. The standard InChI is InChI=1S/C19H14BrClN2O6/c1-27-15-5-10(4-13(20)18(15)28-9-17(24)25)8-22-23-19(26)16-7-11-6-12(21)2-3-14(11)29-16/h2-8H,9H2,1H3,(H,23,26)(H,24,25)/b22-8+. The van der Waals surface area contributed by atoms with E-state index in [4.69, 9.17) is 30.6 Å². The molecule has 0 unspecified atom stereocenters. The van der Waals surface area contributed by atoms with Crippen molar-refractivity contribution < 1.29 is 28.6 Å². The number of benzene rings is 2. The molecule has 1 amide bonds.